The van der Waals surface area contributed by atoms with E-state index in [0.29, 0.717) is 6.04 Å². The van der Waals surface area contributed by atoms with Gasteiger partial charge in [0.2, 0.25) is 0 Å². The average Bonchev–Trinajstić information content (AvgIpc) is 2.36. The zero-order chi connectivity index (χ0) is 15.2. The summed E-state index contributed by atoms with van der Waals surface area (Å²) < 4.78 is 0. The molecule has 2 N–H and O–H groups in total. The summed E-state index contributed by atoms with van der Waals surface area (Å²) in [6.07, 6.45) is 6.20. The molecule has 20 heavy (non-hydrogen) atoms. The average molecular weight is 284 g/mol. The summed E-state index contributed by atoms with van der Waals surface area (Å²) in [5, 5.41) is 13.1. The normalized spacial score (nSPS) is 27.8. The molecule has 3 nitrogen and oxygen atoms in total. The Morgan fingerprint density at radius 3 is 2.55 bits per heavy atom. The Morgan fingerprint density at radius 1 is 1.30 bits per heavy atom. The number of likely N-dealkylation sites (tertiary alicyclic amines) is 1. The summed E-state index contributed by atoms with van der Waals surface area (Å²) in [5.41, 5.74) is -0.115. The van der Waals surface area contributed by atoms with Gasteiger partial charge in [-0.3, -0.25) is 0 Å². The van der Waals surface area contributed by atoms with Gasteiger partial charge in [0.25, 0.3) is 0 Å². The Bertz CT molecular complexity index is 270. The number of aliphatic hydroxyl groups is 1. The third-order valence-corrected chi connectivity index (χ3v) is 4.69. The Labute approximate surface area is 126 Å². The number of hydrogen-bond donors (Lipinski definition) is 2. The quantitative estimate of drug-likeness (QED) is 0.673. The Hall–Kier alpha value is -0.120. The third kappa shape index (κ3) is 6.11. The molecular formula is C17H36N2O. The molecule has 0 aliphatic carbocycles. The molecule has 1 aliphatic heterocycles. The molecule has 0 aromatic carbocycles. The van der Waals surface area contributed by atoms with Crippen LogP contribution in [0.25, 0.3) is 0 Å². The van der Waals surface area contributed by atoms with Crippen molar-refractivity contribution in [3.63, 3.8) is 0 Å². The summed E-state index contributed by atoms with van der Waals surface area (Å²) in [5.74, 6) is 0.897. The smallest absolute Gasteiger partial charge is 0.0610 e. The SMILES string of the molecule is CC1CCN(CCCCC(C)(CO)NC(C)C)C(C)C1. The molecule has 1 heterocycles. The minimum absolute atomic E-state index is 0.115. The Balaban J connectivity index is 2.23. The first-order chi connectivity index (χ1) is 9.36. The summed E-state index contributed by atoms with van der Waals surface area (Å²) in [4.78, 5) is 2.64. The second kappa shape index (κ2) is 8.35. The fourth-order valence-corrected chi connectivity index (χ4v) is 3.51. The molecule has 1 aliphatic rings. The molecule has 0 saturated carbocycles. The molecule has 0 bridgehead atoms. The maximum Gasteiger partial charge on any atom is 0.0610 e. The van der Waals surface area contributed by atoms with Crippen LogP contribution in [0.3, 0.4) is 0 Å². The van der Waals surface area contributed by atoms with Gasteiger partial charge in [-0.2, -0.15) is 0 Å². The summed E-state index contributed by atoms with van der Waals surface area (Å²) in [6.45, 7) is 13.9. The molecule has 0 aromatic heterocycles. The van der Waals surface area contributed by atoms with Gasteiger partial charge in [-0.1, -0.05) is 27.2 Å². The number of nitrogens with zero attached hydrogens (tertiary/aromatic N) is 1. The van der Waals surface area contributed by atoms with E-state index in [0.717, 1.165) is 18.4 Å². The monoisotopic (exact) mass is 284 g/mol. The van der Waals surface area contributed by atoms with Crippen LogP contribution in [0.1, 0.15) is 66.7 Å². The minimum atomic E-state index is -0.115. The van der Waals surface area contributed by atoms with Crippen molar-refractivity contribution >= 4 is 0 Å². The summed E-state index contributed by atoms with van der Waals surface area (Å²) >= 11 is 0. The van der Waals surface area contributed by atoms with Crippen LogP contribution in [0.15, 0.2) is 0 Å². The molecule has 1 saturated heterocycles. The minimum Gasteiger partial charge on any atom is -0.394 e. The fraction of sp³-hybridized carbons (Fsp3) is 1.00. The van der Waals surface area contributed by atoms with Crippen molar-refractivity contribution in [3.8, 4) is 0 Å². The van der Waals surface area contributed by atoms with Gasteiger partial charge in [0.15, 0.2) is 0 Å². The molecule has 0 amide bonds. The number of unbranched alkanes of at least 4 members (excludes halogenated alkanes) is 1. The number of rotatable bonds is 8. The van der Waals surface area contributed by atoms with E-state index >= 15 is 0 Å². The van der Waals surface area contributed by atoms with Crippen LogP contribution in [0.4, 0.5) is 0 Å². The standard InChI is InChI=1S/C17H36N2O/c1-14(2)18-17(5,13-20)9-6-7-10-19-11-8-15(3)12-16(19)4/h14-16,18,20H,6-13H2,1-5H3. The molecular weight excluding hydrogens is 248 g/mol. The lowest BCUT2D eigenvalue weighted by Crippen LogP contribution is -2.49. The first-order valence-corrected chi connectivity index (χ1v) is 8.49. The zero-order valence-electron chi connectivity index (χ0n) is 14.3. The number of nitrogens with one attached hydrogen (secondary N) is 1. The van der Waals surface area contributed by atoms with Gasteiger partial charge >= 0.3 is 0 Å². The summed E-state index contributed by atoms with van der Waals surface area (Å²) in [6, 6.07) is 1.17. The van der Waals surface area contributed by atoms with Gasteiger partial charge in [-0.25, -0.2) is 0 Å². The van der Waals surface area contributed by atoms with E-state index in [1.165, 1.54) is 38.8 Å². The second-order valence-electron chi connectivity index (χ2n) is 7.49. The third-order valence-electron chi connectivity index (χ3n) is 4.69. The number of hydrogen-bond acceptors (Lipinski definition) is 3. The van der Waals surface area contributed by atoms with Gasteiger partial charge in [0, 0.05) is 17.6 Å². The summed E-state index contributed by atoms with van der Waals surface area (Å²) in [7, 11) is 0. The number of piperidine rings is 1. The van der Waals surface area contributed by atoms with Crippen molar-refractivity contribution in [1.29, 1.82) is 0 Å². The van der Waals surface area contributed by atoms with Crippen molar-refractivity contribution < 1.29 is 5.11 Å². The largest absolute Gasteiger partial charge is 0.394 e. The molecule has 1 rings (SSSR count). The lowest BCUT2D eigenvalue weighted by atomic mass is 9.92. The Kier molecular flexibility index (Phi) is 7.49. The molecule has 120 valence electrons. The predicted molar refractivity (Wildman–Crippen MR) is 87.0 cm³/mol. The highest BCUT2D eigenvalue weighted by molar-refractivity contribution is 4.84. The van der Waals surface area contributed by atoms with E-state index in [1.807, 2.05) is 0 Å². The first-order valence-electron chi connectivity index (χ1n) is 8.49. The fourth-order valence-electron chi connectivity index (χ4n) is 3.51. The van der Waals surface area contributed by atoms with Gasteiger partial charge in [-0.05, 0) is 58.5 Å². The number of aliphatic hydroxyl groups excluding tert-OH is 1. The van der Waals surface area contributed by atoms with Crippen molar-refractivity contribution in [2.45, 2.75) is 84.3 Å². The van der Waals surface area contributed by atoms with Crippen molar-refractivity contribution in [2.75, 3.05) is 19.7 Å². The highest BCUT2D eigenvalue weighted by atomic mass is 16.3. The van der Waals surface area contributed by atoms with Crippen LogP contribution in [0, 0.1) is 5.92 Å². The second-order valence-corrected chi connectivity index (χ2v) is 7.49. The van der Waals surface area contributed by atoms with Crippen LogP contribution < -0.4 is 5.32 Å². The van der Waals surface area contributed by atoms with E-state index in [9.17, 15) is 5.11 Å². The van der Waals surface area contributed by atoms with Crippen molar-refractivity contribution in [1.82, 2.24) is 10.2 Å². The molecule has 0 radical (unpaired) electrons. The first kappa shape index (κ1) is 17.9. The lowest BCUT2D eigenvalue weighted by molar-refractivity contribution is 0.121. The topological polar surface area (TPSA) is 35.5 Å². The lowest BCUT2D eigenvalue weighted by Gasteiger charge is -2.37. The molecule has 1 fully saturated rings. The highest BCUT2D eigenvalue weighted by Gasteiger charge is 2.24. The van der Waals surface area contributed by atoms with Crippen molar-refractivity contribution in [3.05, 3.63) is 0 Å². The maximum atomic E-state index is 9.58. The van der Waals surface area contributed by atoms with E-state index in [-0.39, 0.29) is 12.1 Å². The van der Waals surface area contributed by atoms with Crippen molar-refractivity contribution in [2.24, 2.45) is 5.92 Å². The predicted octanol–water partition coefficient (Wildman–Crippen LogP) is 3.03. The van der Waals surface area contributed by atoms with E-state index in [1.54, 1.807) is 0 Å². The molecule has 0 spiro atoms. The molecule has 3 heteroatoms. The zero-order valence-corrected chi connectivity index (χ0v) is 14.3. The molecule has 3 atom stereocenters. The van der Waals surface area contributed by atoms with Gasteiger partial charge in [0.05, 0.1) is 6.61 Å². The maximum absolute atomic E-state index is 9.58. The van der Waals surface area contributed by atoms with Crippen LogP contribution in [0.5, 0.6) is 0 Å². The molecule has 0 aromatic rings. The van der Waals surface area contributed by atoms with Crippen LogP contribution in [-0.4, -0.2) is 47.3 Å². The van der Waals surface area contributed by atoms with Gasteiger partial charge in [0.1, 0.15) is 0 Å². The molecule has 3 unspecified atom stereocenters. The highest BCUT2D eigenvalue weighted by Crippen LogP contribution is 2.23. The van der Waals surface area contributed by atoms with Crippen LogP contribution in [0.2, 0.25) is 0 Å². The van der Waals surface area contributed by atoms with Crippen LogP contribution in [-0.2, 0) is 0 Å². The van der Waals surface area contributed by atoms with E-state index in [2.05, 4.69) is 44.8 Å². The van der Waals surface area contributed by atoms with E-state index in [4.69, 9.17) is 0 Å². The van der Waals surface area contributed by atoms with Gasteiger partial charge < -0.3 is 15.3 Å². The van der Waals surface area contributed by atoms with Crippen LogP contribution >= 0.6 is 0 Å². The van der Waals surface area contributed by atoms with E-state index < -0.39 is 0 Å². The van der Waals surface area contributed by atoms with Gasteiger partial charge in [-0.15, -0.1) is 0 Å². The Morgan fingerprint density at radius 2 is 2.00 bits per heavy atom.